The van der Waals surface area contributed by atoms with Crippen molar-refractivity contribution in [1.82, 2.24) is 5.01 Å². The maximum Gasteiger partial charge on any atom is 0.311 e. The summed E-state index contributed by atoms with van der Waals surface area (Å²) in [4.78, 5) is 17.5. The standard InChI is InChI=1S/C27H22ClN3O4S/c1-34-22-12-16(13-23(35-2)25(22)32)14-24-26(29-27(33)36-24)31-21(18-8-10-19(28)11-9-18)15-20(30-31)17-6-4-3-5-7-17/h3-14,21,32H,15H2,1-2H3/b24-14-/t21-/m0/s1. The number of hydrazone groups is 1. The van der Waals surface area contributed by atoms with Crippen molar-refractivity contribution in [3.63, 3.8) is 0 Å². The van der Waals surface area contributed by atoms with E-state index in [0.717, 1.165) is 28.6 Å². The largest absolute Gasteiger partial charge is 0.502 e. The zero-order valence-electron chi connectivity index (χ0n) is 19.5. The van der Waals surface area contributed by atoms with Crippen LogP contribution in [-0.4, -0.2) is 41.1 Å². The number of rotatable bonds is 5. The molecule has 5 rings (SSSR count). The Kier molecular flexibility index (Phi) is 6.71. The number of carbonyl (C=O) groups excluding carboxylic acids is 1. The molecule has 36 heavy (non-hydrogen) atoms. The van der Waals surface area contributed by atoms with Crippen LogP contribution in [0.4, 0.5) is 4.79 Å². The third kappa shape index (κ3) is 4.69. The first-order valence-corrected chi connectivity index (χ1v) is 12.3. The van der Waals surface area contributed by atoms with Crippen LogP contribution in [-0.2, 0) is 0 Å². The number of amidine groups is 1. The molecule has 182 valence electrons. The lowest BCUT2D eigenvalue weighted by molar-refractivity contribution is 0.267. The third-order valence-electron chi connectivity index (χ3n) is 5.90. The minimum Gasteiger partial charge on any atom is -0.502 e. The molecule has 1 N–H and O–H groups in total. The number of aliphatic imine (C=N–C) groups is 1. The van der Waals surface area contributed by atoms with Crippen molar-refractivity contribution in [2.45, 2.75) is 12.5 Å². The van der Waals surface area contributed by atoms with Crippen LogP contribution in [0.3, 0.4) is 0 Å². The molecule has 2 heterocycles. The van der Waals surface area contributed by atoms with Crippen LogP contribution >= 0.6 is 23.4 Å². The minimum absolute atomic E-state index is 0.0920. The minimum atomic E-state index is -0.327. The zero-order chi connectivity index (χ0) is 25.2. The quantitative estimate of drug-likeness (QED) is 0.413. The van der Waals surface area contributed by atoms with Crippen LogP contribution < -0.4 is 9.47 Å². The summed E-state index contributed by atoms with van der Waals surface area (Å²) in [5.74, 6) is 0.893. The van der Waals surface area contributed by atoms with Crippen LogP contribution in [0, 0.1) is 0 Å². The summed E-state index contributed by atoms with van der Waals surface area (Å²) in [5.41, 5.74) is 3.60. The van der Waals surface area contributed by atoms with E-state index >= 15 is 0 Å². The molecule has 0 bridgehead atoms. The summed E-state index contributed by atoms with van der Waals surface area (Å²) in [6, 6.07) is 20.7. The van der Waals surface area contributed by atoms with E-state index in [1.807, 2.05) is 65.7 Å². The van der Waals surface area contributed by atoms with E-state index in [4.69, 9.17) is 26.2 Å². The van der Waals surface area contributed by atoms with E-state index < -0.39 is 0 Å². The number of hydrogen-bond donors (Lipinski definition) is 1. The van der Waals surface area contributed by atoms with Gasteiger partial charge in [0.1, 0.15) is 0 Å². The van der Waals surface area contributed by atoms with Crippen molar-refractivity contribution >= 4 is 46.2 Å². The van der Waals surface area contributed by atoms with Gasteiger partial charge >= 0.3 is 5.24 Å². The van der Waals surface area contributed by atoms with Gasteiger partial charge in [0.25, 0.3) is 0 Å². The second-order valence-electron chi connectivity index (χ2n) is 8.11. The van der Waals surface area contributed by atoms with Crippen LogP contribution in [0.5, 0.6) is 17.2 Å². The van der Waals surface area contributed by atoms with Gasteiger partial charge in [0, 0.05) is 11.4 Å². The number of thioether (sulfide) groups is 1. The first kappa shape index (κ1) is 24.0. The van der Waals surface area contributed by atoms with E-state index in [2.05, 4.69) is 4.99 Å². The molecule has 0 fully saturated rings. The SMILES string of the molecule is COc1cc(/C=C2\SC(=O)N=C2N2N=C(c3ccccc3)C[C@H]2c2ccc(Cl)cc2)cc(OC)c1O. The lowest BCUT2D eigenvalue weighted by Crippen LogP contribution is -2.26. The molecule has 3 aromatic carbocycles. The molecule has 0 aliphatic carbocycles. The molecule has 0 saturated heterocycles. The summed E-state index contributed by atoms with van der Waals surface area (Å²) < 4.78 is 10.6. The number of benzene rings is 3. The number of phenols is 1. The van der Waals surface area contributed by atoms with Crippen LogP contribution in [0.25, 0.3) is 6.08 Å². The van der Waals surface area contributed by atoms with Gasteiger partial charge in [-0.1, -0.05) is 54.1 Å². The molecule has 7 nitrogen and oxygen atoms in total. The Morgan fingerprint density at radius 3 is 2.36 bits per heavy atom. The summed E-state index contributed by atoms with van der Waals surface area (Å²) in [6.07, 6.45) is 2.45. The Bertz CT molecular complexity index is 1380. The van der Waals surface area contributed by atoms with Crippen molar-refractivity contribution in [3.05, 3.63) is 93.3 Å². The Hall–Kier alpha value is -3.75. The summed E-state index contributed by atoms with van der Waals surface area (Å²) in [7, 11) is 2.93. The number of carbonyl (C=O) groups is 1. The molecule has 1 atom stereocenters. The topological polar surface area (TPSA) is 83.7 Å². The van der Waals surface area contributed by atoms with Crippen LogP contribution in [0.15, 0.2) is 81.7 Å². The lowest BCUT2D eigenvalue weighted by Gasteiger charge is -2.24. The summed E-state index contributed by atoms with van der Waals surface area (Å²) in [6.45, 7) is 0. The molecular formula is C27H22ClN3O4S. The molecule has 2 aliphatic rings. The highest BCUT2D eigenvalue weighted by Crippen LogP contribution is 2.42. The number of methoxy groups -OCH3 is 2. The Balaban J connectivity index is 1.58. The van der Waals surface area contributed by atoms with E-state index in [-0.39, 0.29) is 28.5 Å². The van der Waals surface area contributed by atoms with Crippen molar-refractivity contribution in [2.24, 2.45) is 10.1 Å². The number of aromatic hydroxyl groups is 1. The second-order valence-corrected chi connectivity index (χ2v) is 9.54. The van der Waals surface area contributed by atoms with Gasteiger partial charge in [0.05, 0.1) is 30.9 Å². The van der Waals surface area contributed by atoms with Crippen molar-refractivity contribution in [3.8, 4) is 17.2 Å². The fraction of sp³-hybridized carbons (Fsp3) is 0.148. The van der Waals surface area contributed by atoms with Gasteiger partial charge in [0.15, 0.2) is 17.3 Å². The number of nitrogens with zero attached hydrogens (tertiary/aromatic N) is 3. The Morgan fingerprint density at radius 2 is 1.72 bits per heavy atom. The number of halogens is 1. The monoisotopic (exact) mass is 519 g/mol. The normalized spacial score (nSPS) is 18.4. The third-order valence-corrected chi connectivity index (χ3v) is 6.94. The maximum absolute atomic E-state index is 12.5. The highest BCUT2D eigenvalue weighted by Gasteiger charge is 2.37. The number of ether oxygens (including phenoxy) is 2. The number of amides is 1. The molecule has 3 aromatic rings. The molecule has 9 heteroatoms. The predicted molar refractivity (Wildman–Crippen MR) is 143 cm³/mol. The molecule has 0 unspecified atom stereocenters. The Morgan fingerprint density at radius 1 is 1.06 bits per heavy atom. The molecular weight excluding hydrogens is 498 g/mol. The molecule has 0 radical (unpaired) electrons. The second kappa shape index (κ2) is 10.1. The predicted octanol–water partition coefficient (Wildman–Crippen LogP) is 6.52. The average Bonchev–Trinajstić information content (AvgIpc) is 3.49. The Labute approximate surface area is 217 Å². The zero-order valence-corrected chi connectivity index (χ0v) is 21.1. The van der Waals surface area contributed by atoms with Crippen LogP contribution in [0.2, 0.25) is 5.02 Å². The van der Waals surface area contributed by atoms with Crippen molar-refractivity contribution in [1.29, 1.82) is 0 Å². The molecule has 0 saturated carbocycles. The maximum atomic E-state index is 12.5. The van der Waals surface area contributed by atoms with Gasteiger partial charge in [-0.2, -0.15) is 10.1 Å². The summed E-state index contributed by atoms with van der Waals surface area (Å²) >= 11 is 7.16. The van der Waals surface area contributed by atoms with Gasteiger partial charge in [-0.3, -0.25) is 4.79 Å². The van der Waals surface area contributed by atoms with Gasteiger partial charge in [-0.15, -0.1) is 0 Å². The highest BCUT2D eigenvalue weighted by atomic mass is 35.5. The van der Waals surface area contributed by atoms with Gasteiger partial charge < -0.3 is 14.6 Å². The smallest absolute Gasteiger partial charge is 0.311 e. The average molecular weight is 520 g/mol. The molecule has 0 spiro atoms. The highest BCUT2D eigenvalue weighted by molar-refractivity contribution is 8.18. The van der Waals surface area contributed by atoms with E-state index in [1.54, 1.807) is 12.1 Å². The van der Waals surface area contributed by atoms with Gasteiger partial charge in [0.2, 0.25) is 5.75 Å². The first-order valence-electron chi connectivity index (χ1n) is 11.1. The first-order chi connectivity index (χ1) is 17.5. The van der Waals surface area contributed by atoms with E-state index in [0.29, 0.717) is 27.7 Å². The summed E-state index contributed by atoms with van der Waals surface area (Å²) in [5, 5.41) is 17.3. The number of hydrogen-bond acceptors (Lipinski definition) is 7. The fourth-order valence-corrected chi connectivity index (χ4v) is 5.04. The van der Waals surface area contributed by atoms with E-state index in [1.165, 1.54) is 14.2 Å². The van der Waals surface area contributed by atoms with Crippen LogP contribution in [0.1, 0.15) is 29.2 Å². The number of phenolic OH excluding ortho intramolecular Hbond substituents is 1. The van der Waals surface area contributed by atoms with E-state index in [9.17, 15) is 9.90 Å². The van der Waals surface area contributed by atoms with Crippen molar-refractivity contribution in [2.75, 3.05) is 14.2 Å². The lowest BCUT2D eigenvalue weighted by atomic mass is 9.98. The fourth-order valence-electron chi connectivity index (χ4n) is 4.17. The van der Waals surface area contributed by atoms with Gasteiger partial charge in [-0.25, -0.2) is 5.01 Å². The van der Waals surface area contributed by atoms with Gasteiger partial charge in [-0.05, 0) is 58.8 Å². The molecule has 2 aliphatic heterocycles. The molecule has 1 amide bonds. The molecule has 0 aromatic heterocycles. The van der Waals surface area contributed by atoms with Crippen molar-refractivity contribution < 1.29 is 19.4 Å².